The van der Waals surface area contributed by atoms with E-state index in [1.807, 2.05) is 43.4 Å². The molecule has 0 aliphatic rings. The molecule has 0 heterocycles. The molecular weight excluding hydrogens is 296 g/mol. The zero-order valence-electron chi connectivity index (χ0n) is 14.9. The molecule has 1 N–H and O–H groups in total. The second-order valence-electron chi connectivity index (χ2n) is 6.39. The van der Waals surface area contributed by atoms with Gasteiger partial charge in [-0.2, -0.15) is 0 Å². The van der Waals surface area contributed by atoms with Crippen LogP contribution >= 0.6 is 0 Å². The number of hydrogen-bond donors (Lipinski definition) is 1. The van der Waals surface area contributed by atoms with Crippen LogP contribution in [0.1, 0.15) is 37.4 Å². The van der Waals surface area contributed by atoms with Crippen LogP contribution in [-0.4, -0.2) is 30.4 Å². The Morgan fingerprint density at radius 2 is 1.62 bits per heavy atom. The zero-order chi connectivity index (χ0) is 17.4. The van der Waals surface area contributed by atoms with Crippen LogP contribution in [-0.2, 0) is 11.2 Å². The largest absolute Gasteiger partial charge is 0.348 e. The normalized spacial score (nSPS) is 13.5. The predicted molar refractivity (Wildman–Crippen MR) is 99.9 cm³/mol. The summed E-state index contributed by atoms with van der Waals surface area (Å²) in [5, 5.41) is 3.21. The smallest absolute Gasteiger partial charge is 0.234 e. The van der Waals surface area contributed by atoms with Gasteiger partial charge in [0.2, 0.25) is 5.91 Å². The zero-order valence-corrected chi connectivity index (χ0v) is 14.9. The van der Waals surface area contributed by atoms with Crippen LogP contribution in [0.5, 0.6) is 0 Å². The summed E-state index contributed by atoms with van der Waals surface area (Å²) in [7, 11) is 2.00. The number of amides is 1. The summed E-state index contributed by atoms with van der Waals surface area (Å²) in [6.07, 6.45) is 1.83. The Labute approximate surface area is 145 Å². The van der Waals surface area contributed by atoms with Crippen LogP contribution < -0.4 is 5.32 Å². The number of carbonyl (C=O) groups is 1. The van der Waals surface area contributed by atoms with Crippen molar-refractivity contribution in [3.8, 4) is 0 Å². The number of carbonyl (C=O) groups excluding carboxylic acids is 1. The first-order valence-electron chi connectivity index (χ1n) is 8.68. The second kappa shape index (κ2) is 9.24. The molecule has 1 amide bonds. The lowest BCUT2D eigenvalue weighted by atomic mass is 9.99. The fourth-order valence-corrected chi connectivity index (χ4v) is 2.72. The highest BCUT2D eigenvalue weighted by Crippen LogP contribution is 2.18. The number of rotatable bonds is 8. The van der Waals surface area contributed by atoms with E-state index in [1.54, 1.807) is 0 Å². The molecule has 3 nitrogen and oxygen atoms in total. The van der Waals surface area contributed by atoms with Crippen LogP contribution in [0.3, 0.4) is 0 Å². The summed E-state index contributed by atoms with van der Waals surface area (Å²) in [5.74, 6) is 0.0718. The molecule has 0 saturated heterocycles. The molecule has 0 aliphatic carbocycles. The molecule has 2 atom stereocenters. The molecule has 0 aliphatic heterocycles. The van der Waals surface area contributed by atoms with Crippen LogP contribution in [0.15, 0.2) is 60.7 Å². The quantitative estimate of drug-likeness (QED) is 0.800. The van der Waals surface area contributed by atoms with E-state index in [-0.39, 0.29) is 11.9 Å². The minimum atomic E-state index is -0.00793. The van der Waals surface area contributed by atoms with Crippen LogP contribution in [0.25, 0.3) is 0 Å². The maximum Gasteiger partial charge on any atom is 0.234 e. The van der Waals surface area contributed by atoms with Crippen molar-refractivity contribution in [2.75, 3.05) is 13.6 Å². The topological polar surface area (TPSA) is 32.3 Å². The highest BCUT2D eigenvalue weighted by Gasteiger charge is 2.17. The van der Waals surface area contributed by atoms with Crippen LogP contribution in [0, 0.1) is 0 Å². The molecule has 2 aromatic rings. The molecule has 2 unspecified atom stereocenters. The Kier molecular flexibility index (Phi) is 7.01. The van der Waals surface area contributed by atoms with E-state index in [1.165, 1.54) is 5.56 Å². The maximum absolute atomic E-state index is 12.5. The van der Waals surface area contributed by atoms with E-state index in [9.17, 15) is 4.79 Å². The fraction of sp³-hybridized carbons (Fsp3) is 0.381. The van der Waals surface area contributed by atoms with Gasteiger partial charge in [0.15, 0.2) is 0 Å². The van der Waals surface area contributed by atoms with Crippen molar-refractivity contribution in [1.82, 2.24) is 10.2 Å². The summed E-state index contributed by atoms with van der Waals surface area (Å²) < 4.78 is 0. The van der Waals surface area contributed by atoms with Gasteiger partial charge in [0, 0.05) is 6.04 Å². The molecule has 0 saturated carbocycles. The Morgan fingerprint density at radius 3 is 2.21 bits per heavy atom. The number of hydrogen-bond acceptors (Lipinski definition) is 2. The molecule has 0 aromatic heterocycles. The third kappa shape index (κ3) is 5.50. The van der Waals surface area contributed by atoms with Gasteiger partial charge in [0.1, 0.15) is 0 Å². The lowest BCUT2D eigenvalue weighted by Crippen LogP contribution is -2.41. The lowest BCUT2D eigenvalue weighted by Gasteiger charge is -2.25. The number of benzene rings is 2. The monoisotopic (exact) mass is 324 g/mol. The molecule has 2 aromatic carbocycles. The third-order valence-electron chi connectivity index (χ3n) is 4.56. The van der Waals surface area contributed by atoms with E-state index >= 15 is 0 Å². The van der Waals surface area contributed by atoms with Gasteiger partial charge in [0.25, 0.3) is 0 Å². The molecule has 0 bridgehead atoms. The van der Waals surface area contributed by atoms with Crippen molar-refractivity contribution in [3.63, 3.8) is 0 Å². The fourth-order valence-electron chi connectivity index (χ4n) is 2.72. The van der Waals surface area contributed by atoms with Crippen LogP contribution in [0.4, 0.5) is 0 Å². The Bertz CT molecular complexity index is 612. The lowest BCUT2D eigenvalue weighted by molar-refractivity contribution is -0.123. The van der Waals surface area contributed by atoms with Gasteiger partial charge < -0.3 is 5.32 Å². The van der Waals surface area contributed by atoms with E-state index in [0.29, 0.717) is 12.6 Å². The van der Waals surface area contributed by atoms with Crippen molar-refractivity contribution < 1.29 is 4.79 Å². The molecule has 2 rings (SSSR count). The summed E-state index contributed by atoms with van der Waals surface area (Å²) in [6.45, 7) is 4.71. The van der Waals surface area contributed by atoms with E-state index in [0.717, 1.165) is 18.4 Å². The summed E-state index contributed by atoms with van der Waals surface area (Å²) in [4.78, 5) is 14.6. The number of nitrogens with one attached hydrogen (secondary N) is 1. The number of nitrogens with zero attached hydrogens (tertiary/aromatic N) is 1. The van der Waals surface area contributed by atoms with Gasteiger partial charge in [0.05, 0.1) is 12.6 Å². The van der Waals surface area contributed by atoms with Gasteiger partial charge in [-0.15, -0.1) is 0 Å². The standard InChI is InChI=1S/C21H28N2O/c1-4-17(2)23(3)16-21(24)22-20(19-13-9-6-10-14-19)15-18-11-7-5-8-12-18/h5-14,17,20H,4,15-16H2,1-3H3,(H,22,24). The van der Waals surface area contributed by atoms with Crippen molar-refractivity contribution in [3.05, 3.63) is 71.8 Å². The molecule has 128 valence electrons. The van der Waals surface area contributed by atoms with Crippen molar-refractivity contribution >= 4 is 5.91 Å². The van der Waals surface area contributed by atoms with Crippen molar-refractivity contribution in [2.24, 2.45) is 0 Å². The van der Waals surface area contributed by atoms with E-state index in [4.69, 9.17) is 0 Å². The Balaban J connectivity index is 2.07. The first kappa shape index (κ1) is 18.2. The summed E-state index contributed by atoms with van der Waals surface area (Å²) in [6, 6.07) is 20.9. The van der Waals surface area contributed by atoms with Crippen molar-refractivity contribution in [1.29, 1.82) is 0 Å². The van der Waals surface area contributed by atoms with Gasteiger partial charge in [-0.25, -0.2) is 0 Å². The van der Waals surface area contributed by atoms with E-state index < -0.39 is 0 Å². The molecular formula is C21H28N2O. The van der Waals surface area contributed by atoms with Gasteiger partial charge in [-0.1, -0.05) is 67.6 Å². The predicted octanol–water partition coefficient (Wildman–Crippen LogP) is 3.82. The number of likely N-dealkylation sites (N-methyl/N-ethyl adjacent to an activating group) is 1. The molecule has 3 heteroatoms. The molecule has 0 spiro atoms. The molecule has 24 heavy (non-hydrogen) atoms. The average Bonchev–Trinajstić information content (AvgIpc) is 2.62. The minimum absolute atomic E-state index is 0.00793. The van der Waals surface area contributed by atoms with Gasteiger partial charge in [-0.3, -0.25) is 9.69 Å². The van der Waals surface area contributed by atoms with Crippen molar-refractivity contribution in [2.45, 2.75) is 38.8 Å². The summed E-state index contributed by atoms with van der Waals surface area (Å²) >= 11 is 0. The maximum atomic E-state index is 12.5. The minimum Gasteiger partial charge on any atom is -0.348 e. The molecule has 0 radical (unpaired) electrons. The van der Waals surface area contributed by atoms with E-state index in [2.05, 4.69) is 48.3 Å². The van der Waals surface area contributed by atoms with Crippen LogP contribution in [0.2, 0.25) is 0 Å². The second-order valence-corrected chi connectivity index (χ2v) is 6.39. The Morgan fingerprint density at radius 1 is 1.04 bits per heavy atom. The SMILES string of the molecule is CCC(C)N(C)CC(=O)NC(Cc1ccccc1)c1ccccc1. The average molecular weight is 324 g/mol. The first-order chi connectivity index (χ1) is 11.6. The van der Waals surface area contributed by atoms with Gasteiger partial charge in [-0.05, 0) is 37.9 Å². The first-order valence-corrected chi connectivity index (χ1v) is 8.68. The Hall–Kier alpha value is -2.13. The highest BCUT2D eigenvalue weighted by atomic mass is 16.2. The summed E-state index contributed by atoms with van der Waals surface area (Å²) in [5.41, 5.74) is 2.36. The third-order valence-corrected chi connectivity index (χ3v) is 4.56. The highest BCUT2D eigenvalue weighted by molar-refractivity contribution is 5.78. The molecule has 0 fully saturated rings. The van der Waals surface area contributed by atoms with Gasteiger partial charge >= 0.3 is 0 Å².